The summed E-state index contributed by atoms with van der Waals surface area (Å²) in [5, 5.41) is 0. The fourth-order valence-electron chi connectivity index (χ4n) is 1.73. The van der Waals surface area contributed by atoms with Gasteiger partial charge in [-0.1, -0.05) is 0 Å². The van der Waals surface area contributed by atoms with E-state index >= 15 is 0 Å². The highest BCUT2D eigenvalue weighted by molar-refractivity contribution is 5.87. The number of hydrogen-bond donors (Lipinski definition) is 0. The standard InChI is InChI=1S/C15H17N2O2.ClH/c1-16(2)13-8-10-17(11-9-13)15(18)12-4-6-14(19-3)7-5-12;/h4-11H,1-3H3;1H/q+1;/p-1. The topological polar surface area (TPSA) is 33.4 Å². The van der Waals surface area contributed by atoms with Gasteiger partial charge in [0.25, 0.3) is 0 Å². The zero-order valence-electron chi connectivity index (χ0n) is 11.7. The number of benzene rings is 1. The van der Waals surface area contributed by atoms with Crippen LogP contribution in [-0.2, 0) is 0 Å². The molecule has 0 saturated carbocycles. The molecule has 0 spiro atoms. The fraction of sp³-hybridized carbons (Fsp3) is 0.200. The predicted molar refractivity (Wildman–Crippen MR) is 73.7 cm³/mol. The number of ether oxygens (including phenoxy) is 1. The Kier molecular flexibility index (Phi) is 5.53. The van der Waals surface area contributed by atoms with Gasteiger partial charge in [0.1, 0.15) is 5.75 Å². The van der Waals surface area contributed by atoms with E-state index in [9.17, 15) is 4.79 Å². The van der Waals surface area contributed by atoms with Gasteiger partial charge in [0.05, 0.1) is 12.7 Å². The van der Waals surface area contributed by atoms with E-state index in [2.05, 4.69) is 0 Å². The third-order valence-electron chi connectivity index (χ3n) is 2.90. The van der Waals surface area contributed by atoms with E-state index in [1.165, 1.54) is 0 Å². The van der Waals surface area contributed by atoms with Gasteiger partial charge in [-0.15, -0.1) is 4.57 Å². The van der Waals surface area contributed by atoms with E-state index in [0.717, 1.165) is 11.4 Å². The van der Waals surface area contributed by atoms with Crippen LogP contribution in [0.1, 0.15) is 10.4 Å². The van der Waals surface area contributed by atoms with Crippen molar-refractivity contribution < 1.29 is 26.5 Å². The monoisotopic (exact) mass is 292 g/mol. The Balaban J connectivity index is 0.00000200. The third-order valence-corrected chi connectivity index (χ3v) is 2.90. The zero-order valence-corrected chi connectivity index (χ0v) is 12.5. The maximum absolute atomic E-state index is 12.2. The Bertz CT molecular complexity index is 565. The summed E-state index contributed by atoms with van der Waals surface area (Å²) in [4.78, 5) is 14.2. The number of aromatic nitrogens is 1. The number of carbonyl (C=O) groups excluding carboxylic acids is 1. The molecule has 1 aromatic carbocycles. The Morgan fingerprint density at radius 3 is 2.05 bits per heavy atom. The number of halogens is 1. The molecule has 0 bridgehead atoms. The lowest BCUT2D eigenvalue weighted by molar-refractivity contribution is -0.570. The van der Waals surface area contributed by atoms with Crippen LogP contribution in [0, 0.1) is 0 Å². The van der Waals surface area contributed by atoms with Crippen LogP contribution >= 0.6 is 0 Å². The molecule has 0 fully saturated rings. The van der Waals surface area contributed by atoms with Gasteiger partial charge < -0.3 is 22.0 Å². The SMILES string of the molecule is COc1ccc(C(=O)[n+]2ccc(N(C)C)cc2)cc1.[Cl-]. The molecule has 0 unspecified atom stereocenters. The molecule has 0 aliphatic carbocycles. The number of pyridine rings is 1. The third kappa shape index (κ3) is 3.48. The van der Waals surface area contributed by atoms with Crippen LogP contribution in [0.4, 0.5) is 5.69 Å². The number of nitrogens with zero attached hydrogens (tertiary/aromatic N) is 2. The van der Waals surface area contributed by atoms with E-state index in [0.29, 0.717) is 5.56 Å². The van der Waals surface area contributed by atoms with Crippen molar-refractivity contribution in [3.63, 3.8) is 0 Å². The van der Waals surface area contributed by atoms with Gasteiger partial charge in [0.2, 0.25) is 0 Å². The summed E-state index contributed by atoms with van der Waals surface area (Å²) >= 11 is 0. The zero-order chi connectivity index (χ0) is 13.8. The van der Waals surface area contributed by atoms with Crippen LogP contribution in [-0.4, -0.2) is 27.1 Å². The molecule has 1 aromatic heterocycles. The Labute approximate surface area is 125 Å². The summed E-state index contributed by atoms with van der Waals surface area (Å²) in [5.74, 6) is 0.678. The molecule has 1 heterocycles. The van der Waals surface area contributed by atoms with Gasteiger partial charge in [-0.05, 0) is 24.3 Å². The number of rotatable bonds is 3. The second kappa shape index (κ2) is 6.91. The van der Waals surface area contributed by atoms with Gasteiger partial charge in [0, 0.05) is 31.9 Å². The maximum Gasteiger partial charge on any atom is 0.424 e. The lowest BCUT2D eigenvalue weighted by Gasteiger charge is -2.10. The number of hydrogen-bond acceptors (Lipinski definition) is 3. The molecule has 4 nitrogen and oxygen atoms in total. The van der Waals surface area contributed by atoms with Gasteiger partial charge in [-0.3, -0.25) is 0 Å². The first-order valence-corrected chi connectivity index (χ1v) is 5.99. The van der Waals surface area contributed by atoms with Gasteiger partial charge in [-0.2, -0.15) is 0 Å². The Morgan fingerprint density at radius 1 is 1.05 bits per heavy atom. The Morgan fingerprint density at radius 2 is 1.60 bits per heavy atom. The highest BCUT2D eigenvalue weighted by atomic mass is 35.5. The van der Waals surface area contributed by atoms with E-state index in [1.54, 1.807) is 48.3 Å². The van der Waals surface area contributed by atoms with Gasteiger partial charge >= 0.3 is 5.91 Å². The lowest BCUT2D eigenvalue weighted by Crippen LogP contribution is -3.00. The molecule has 0 radical (unpaired) electrons. The van der Waals surface area contributed by atoms with Crippen molar-refractivity contribution in [2.24, 2.45) is 0 Å². The highest BCUT2D eigenvalue weighted by Gasteiger charge is 2.16. The van der Waals surface area contributed by atoms with Gasteiger partial charge in [0.15, 0.2) is 12.4 Å². The lowest BCUT2D eigenvalue weighted by atomic mass is 10.2. The van der Waals surface area contributed by atoms with Crippen LogP contribution in [0.5, 0.6) is 5.75 Å². The summed E-state index contributed by atoms with van der Waals surface area (Å²) in [6.07, 6.45) is 3.53. The van der Waals surface area contributed by atoms with E-state index < -0.39 is 0 Å². The first-order chi connectivity index (χ1) is 9.11. The first kappa shape index (κ1) is 16.0. The predicted octanol–water partition coefficient (Wildman–Crippen LogP) is -1.26. The molecule has 0 amide bonds. The molecular formula is C15H17ClN2O2. The summed E-state index contributed by atoms with van der Waals surface area (Å²) < 4.78 is 6.64. The van der Waals surface area contributed by atoms with E-state index in [-0.39, 0.29) is 18.3 Å². The van der Waals surface area contributed by atoms with Crippen molar-refractivity contribution in [1.29, 1.82) is 0 Å². The second-order valence-electron chi connectivity index (χ2n) is 4.39. The molecular weight excluding hydrogens is 276 g/mol. The Hall–Kier alpha value is -2.07. The van der Waals surface area contributed by atoms with Crippen LogP contribution in [0.15, 0.2) is 48.8 Å². The molecule has 5 heteroatoms. The van der Waals surface area contributed by atoms with Crippen LogP contribution in [0.2, 0.25) is 0 Å². The van der Waals surface area contributed by atoms with Crippen molar-refractivity contribution in [2.45, 2.75) is 0 Å². The minimum absolute atomic E-state index is 0. The molecule has 0 saturated heterocycles. The molecule has 2 rings (SSSR count). The van der Waals surface area contributed by atoms with Crippen molar-refractivity contribution in [2.75, 3.05) is 26.1 Å². The number of carbonyl (C=O) groups is 1. The quantitative estimate of drug-likeness (QED) is 0.663. The van der Waals surface area contributed by atoms with Crippen LogP contribution in [0.25, 0.3) is 0 Å². The number of methoxy groups -OCH3 is 1. The van der Waals surface area contributed by atoms with Crippen LogP contribution in [0.3, 0.4) is 0 Å². The molecule has 0 aliphatic rings. The summed E-state index contributed by atoms with van der Waals surface area (Å²) in [6.45, 7) is 0. The molecule has 0 N–H and O–H groups in total. The maximum atomic E-state index is 12.2. The minimum Gasteiger partial charge on any atom is -1.00 e. The van der Waals surface area contributed by atoms with E-state index in [1.807, 2.05) is 31.1 Å². The molecule has 2 aromatic rings. The summed E-state index contributed by atoms with van der Waals surface area (Å²) in [5.41, 5.74) is 1.68. The average Bonchev–Trinajstić information content (AvgIpc) is 2.46. The molecule has 0 aliphatic heterocycles. The highest BCUT2D eigenvalue weighted by Crippen LogP contribution is 2.11. The second-order valence-corrected chi connectivity index (χ2v) is 4.39. The summed E-state index contributed by atoms with van der Waals surface area (Å²) in [7, 11) is 5.53. The van der Waals surface area contributed by atoms with Crippen molar-refractivity contribution in [3.8, 4) is 5.75 Å². The van der Waals surface area contributed by atoms with Crippen molar-refractivity contribution in [1.82, 2.24) is 0 Å². The first-order valence-electron chi connectivity index (χ1n) is 5.99. The van der Waals surface area contributed by atoms with E-state index in [4.69, 9.17) is 4.74 Å². The normalized spacial score (nSPS) is 9.55. The van der Waals surface area contributed by atoms with Crippen molar-refractivity contribution in [3.05, 3.63) is 54.4 Å². The minimum atomic E-state index is -0.0621. The fourth-order valence-corrected chi connectivity index (χ4v) is 1.73. The summed E-state index contributed by atoms with van der Waals surface area (Å²) in [6, 6.07) is 10.9. The largest absolute Gasteiger partial charge is 1.00 e. The smallest absolute Gasteiger partial charge is 0.424 e. The average molecular weight is 293 g/mol. The van der Waals surface area contributed by atoms with Gasteiger partial charge in [-0.25, -0.2) is 4.79 Å². The van der Waals surface area contributed by atoms with Crippen molar-refractivity contribution >= 4 is 11.6 Å². The molecule has 20 heavy (non-hydrogen) atoms. The molecule has 106 valence electrons. The van der Waals surface area contributed by atoms with Crippen LogP contribution < -0.4 is 26.6 Å². The number of anilines is 1. The molecule has 0 atom stereocenters.